The fourth-order valence-corrected chi connectivity index (χ4v) is 8.57. The summed E-state index contributed by atoms with van der Waals surface area (Å²) in [6, 6.07) is 8.18. The first-order chi connectivity index (χ1) is 20.6. The van der Waals surface area contributed by atoms with Gasteiger partial charge >= 0.3 is 0 Å². The van der Waals surface area contributed by atoms with Crippen LogP contribution in [0.1, 0.15) is 79.7 Å². The van der Waals surface area contributed by atoms with Gasteiger partial charge in [-0.1, -0.05) is 70.2 Å². The first-order valence-corrected chi connectivity index (χ1v) is 16.1. The van der Waals surface area contributed by atoms with Crippen molar-refractivity contribution >= 4 is 17.7 Å². The van der Waals surface area contributed by atoms with Crippen LogP contribution in [0.25, 0.3) is 0 Å². The van der Waals surface area contributed by atoms with E-state index in [0.717, 1.165) is 12.0 Å². The fraction of sp³-hybridized carbons (Fsp3) is 0.639. The number of aliphatic hydroxyl groups excluding tert-OH is 1. The van der Waals surface area contributed by atoms with Crippen molar-refractivity contribution in [2.45, 2.75) is 110 Å². The number of aliphatic hydroxyl groups is 1. The first kappa shape index (κ1) is 33.9. The van der Waals surface area contributed by atoms with E-state index in [9.17, 15) is 19.5 Å². The third kappa shape index (κ3) is 5.76. The summed E-state index contributed by atoms with van der Waals surface area (Å²) in [5.41, 5.74) is -1.66. The summed E-state index contributed by atoms with van der Waals surface area (Å²) in [6.45, 7) is 22.8. The zero-order chi connectivity index (χ0) is 32.7. The molecule has 1 aromatic rings. The Bertz CT molecular complexity index is 1260. The molecule has 0 saturated carbocycles. The molecule has 2 unspecified atom stereocenters. The molecule has 4 rings (SSSR count). The van der Waals surface area contributed by atoms with Crippen LogP contribution >= 0.6 is 0 Å². The summed E-state index contributed by atoms with van der Waals surface area (Å²) in [6.07, 6.45) is 5.77. The SMILES string of the molecule is C=CCN(Cc1ccccc1)C(=O)[C@H]1[C@H]2C(=O)N([C@H](C)CO)C(C(=O)N(CC=C)C(C)(C)CC(C)(C)C)C23CC[C@]1(CC)O3. The van der Waals surface area contributed by atoms with Crippen LogP contribution in [-0.2, 0) is 25.7 Å². The molecule has 2 bridgehead atoms. The van der Waals surface area contributed by atoms with E-state index in [4.69, 9.17) is 4.74 Å². The van der Waals surface area contributed by atoms with Crippen molar-refractivity contribution in [3.63, 3.8) is 0 Å². The summed E-state index contributed by atoms with van der Waals surface area (Å²) >= 11 is 0. The summed E-state index contributed by atoms with van der Waals surface area (Å²) < 4.78 is 7.01. The standard InChI is InChI=1S/C36H53N3O5/c1-10-20-37(22-26-16-14-13-15-17-26)30(41)27-28-31(42)39(25(4)23-40)29(36(28)19-18-35(27,12-3)44-36)32(43)38(21-11-2)34(8,9)24-33(5,6)7/h10-11,13-17,25,27-29,40H,1-2,12,18-24H2,3-9H3/t25-,27-,28+,29?,35+,36?/m1/s1. The van der Waals surface area contributed by atoms with Gasteiger partial charge in [-0.15, -0.1) is 13.2 Å². The third-order valence-corrected chi connectivity index (χ3v) is 10.0. The van der Waals surface area contributed by atoms with Crippen LogP contribution < -0.4 is 0 Å². The zero-order valence-corrected chi connectivity index (χ0v) is 27.8. The molecule has 6 atom stereocenters. The topological polar surface area (TPSA) is 90.4 Å². The predicted molar refractivity (Wildman–Crippen MR) is 172 cm³/mol. The van der Waals surface area contributed by atoms with E-state index in [1.807, 2.05) is 42.2 Å². The van der Waals surface area contributed by atoms with E-state index in [-0.39, 0.29) is 29.7 Å². The average molecular weight is 608 g/mol. The molecular weight excluding hydrogens is 554 g/mol. The number of likely N-dealkylation sites (tertiary alicyclic amines) is 1. The third-order valence-electron chi connectivity index (χ3n) is 10.0. The Morgan fingerprint density at radius 1 is 1.09 bits per heavy atom. The molecule has 44 heavy (non-hydrogen) atoms. The summed E-state index contributed by atoms with van der Waals surface area (Å²) in [4.78, 5) is 49.3. The fourth-order valence-electron chi connectivity index (χ4n) is 8.57. The van der Waals surface area contributed by atoms with Gasteiger partial charge in [0.15, 0.2) is 0 Å². The van der Waals surface area contributed by atoms with Crippen LogP contribution in [0.2, 0.25) is 0 Å². The highest BCUT2D eigenvalue weighted by molar-refractivity contribution is 5.99. The predicted octanol–water partition coefficient (Wildman–Crippen LogP) is 4.97. The molecule has 3 aliphatic heterocycles. The van der Waals surface area contributed by atoms with E-state index >= 15 is 0 Å². The highest BCUT2D eigenvalue weighted by Gasteiger charge is 2.79. The lowest BCUT2D eigenvalue weighted by atomic mass is 9.64. The van der Waals surface area contributed by atoms with E-state index in [0.29, 0.717) is 38.9 Å². The Kier molecular flexibility index (Phi) is 9.58. The first-order valence-electron chi connectivity index (χ1n) is 16.1. The number of rotatable bonds is 13. The second kappa shape index (κ2) is 12.4. The van der Waals surface area contributed by atoms with Gasteiger partial charge in [0.1, 0.15) is 11.6 Å². The Morgan fingerprint density at radius 2 is 1.73 bits per heavy atom. The molecule has 8 heteroatoms. The lowest BCUT2D eigenvalue weighted by Crippen LogP contribution is -2.62. The Balaban J connectivity index is 1.82. The van der Waals surface area contributed by atoms with Crippen LogP contribution in [-0.4, -0.2) is 86.0 Å². The molecule has 0 radical (unpaired) electrons. The Labute approximate surface area is 264 Å². The number of hydrogen-bond donors (Lipinski definition) is 1. The van der Waals surface area contributed by atoms with Gasteiger partial charge in [0.25, 0.3) is 0 Å². The number of carbonyl (C=O) groups is 3. The molecule has 0 aromatic heterocycles. The minimum atomic E-state index is -1.17. The molecule has 3 fully saturated rings. The maximum Gasteiger partial charge on any atom is 0.249 e. The molecule has 1 N–H and O–H groups in total. The molecule has 242 valence electrons. The van der Waals surface area contributed by atoms with Crippen LogP contribution in [0.3, 0.4) is 0 Å². The van der Waals surface area contributed by atoms with Gasteiger partial charge in [0, 0.05) is 25.2 Å². The van der Waals surface area contributed by atoms with Crippen LogP contribution in [0, 0.1) is 17.3 Å². The van der Waals surface area contributed by atoms with Crippen molar-refractivity contribution in [1.82, 2.24) is 14.7 Å². The molecule has 1 aromatic carbocycles. The van der Waals surface area contributed by atoms with E-state index in [1.54, 1.807) is 24.0 Å². The number of hydrogen-bond acceptors (Lipinski definition) is 5. The van der Waals surface area contributed by atoms with Gasteiger partial charge in [-0.25, -0.2) is 0 Å². The molecule has 0 aliphatic carbocycles. The molecule has 3 heterocycles. The number of benzene rings is 1. The van der Waals surface area contributed by atoms with Crippen molar-refractivity contribution in [3.05, 3.63) is 61.2 Å². The minimum Gasteiger partial charge on any atom is -0.394 e. The van der Waals surface area contributed by atoms with Crippen molar-refractivity contribution in [2.75, 3.05) is 19.7 Å². The van der Waals surface area contributed by atoms with Gasteiger partial charge in [0.2, 0.25) is 17.7 Å². The number of carbonyl (C=O) groups excluding carboxylic acids is 3. The maximum atomic E-state index is 14.9. The minimum absolute atomic E-state index is 0.0624. The second-order valence-corrected chi connectivity index (χ2v) is 14.9. The van der Waals surface area contributed by atoms with Gasteiger partial charge in [-0.2, -0.15) is 0 Å². The molecule has 8 nitrogen and oxygen atoms in total. The van der Waals surface area contributed by atoms with E-state index < -0.39 is 40.7 Å². The van der Waals surface area contributed by atoms with E-state index in [1.165, 1.54) is 4.90 Å². The normalized spacial score (nSPS) is 28.5. The van der Waals surface area contributed by atoms with E-state index in [2.05, 4.69) is 47.8 Å². The number of ether oxygens (including phenoxy) is 1. The monoisotopic (exact) mass is 607 g/mol. The smallest absolute Gasteiger partial charge is 0.249 e. The van der Waals surface area contributed by atoms with Crippen LogP contribution in [0.15, 0.2) is 55.6 Å². The molecular formula is C36H53N3O5. The number of nitrogens with zero attached hydrogens (tertiary/aromatic N) is 3. The summed E-state index contributed by atoms with van der Waals surface area (Å²) in [5.74, 6) is -2.24. The van der Waals surface area contributed by atoms with Crippen molar-refractivity contribution in [1.29, 1.82) is 0 Å². The van der Waals surface area contributed by atoms with Crippen molar-refractivity contribution < 1.29 is 24.2 Å². The summed E-state index contributed by atoms with van der Waals surface area (Å²) in [7, 11) is 0. The van der Waals surface area contributed by atoms with Gasteiger partial charge < -0.3 is 24.5 Å². The zero-order valence-electron chi connectivity index (χ0n) is 27.8. The van der Waals surface area contributed by atoms with Crippen LogP contribution in [0.5, 0.6) is 0 Å². The Morgan fingerprint density at radius 3 is 2.27 bits per heavy atom. The average Bonchev–Trinajstić information content (AvgIpc) is 3.57. The second-order valence-electron chi connectivity index (χ2n) is 14.9. The number of amides is 3. The highest BCUT2D eigenvalue weighted by atomic mass is 16.5. The van der Waals surface area contributed by atoms with Crippen molar-refractivity contribution in [3.8, 4) is 0 Å². The van der Waals surface area contributed by atoms with Crippen molar-refractivity contribution in [2.24, 2.45) is 17.3 Å². The summed E-state index contributed by atoms with van der Waals surface area (Å²) in [5, 5.41) is 10.3. The Hall–Kier alpha value is -2.97. The van der Waals surface area contributed by atoms with Gasteiger partial charge in [-0.3, -0.25) is 14.4 Å². The maximum absolute atomic E-state index is 14.9. The van der Waals surface area contributed by atoms with Gasteiger partial charge in [0.05, 0.1) is 30.1 Å². The van der Waals surface area contributed by atoms with Gasteiger partial charge in [-0.05, 0) is 57.4 Å². The molecule has 3 amide bonds. The quantitative estimate of drug-likeness (QED) is 0.320. The molecule has 3 saturated heterocycles. The lowest BCUT2D eigenvalue weighted by molar-refractivity contribution is -0.160. The highest BCUT2D eigenvalue weighted by Crippen LogP contribution is 2.65. The molecule has 3 aliphatic rings. The lowest BCUT2D eigenvalue weighted by Gasteiger charge is -2.46. The largest absolute Gasteiger partial charge is 0.394 e. The number of fused-ring (bicyclic) bond motifs is 1. The van der Waals surface area contributed by atoms with Crippen LogP contribution in [0.4, 0.5) is 0 Å². The molecule has 1 spiro atoms.